The van der Waals surface area contributed by atoms with Gasteiger partial charge in [0.1, 0.15) is 0 Å². The van der Waals surface area contributed by atoms with Gasteiger partial charge in [-0.2, -0.15) is 0 Å². The van der Waals surface area contributed by atoms with E-state index in [2.05, 4.69) is 5.32 Å². The number of rotatable bonds is 4. The van der Waals surface area contributed by atoms with Gasteiger partial charge in [-0.15, -0.1) is 0 Å². The maximum Gasteiger partial charge on any atom is 0.251 e. The number of halogens is 2. The van der Waals surface area contributed by atoms with Gasteiger partial charge >= 0.3 is 0 Å². The maximum atomic E-state index is 12.5. The monoisotopic (exact) mass is 351 g/mol. The Kier molecular flexibility index (Phi) is 5.32. The van der Waals surface area contributed by atoms with Crippen molar-refractivity contribution in [1.29, 1.82) is 0 Å². The fourth-order valence-corrected chi connectivity index (χ4v) is 3.59. The highest BCUT2D eigenvalue weighted by atomic mass is 19.3. The molecule has 0 unspecified atom stereocenters. The lowest BCUT2D eigenvalue weighted by Gasteiger charge is -2.32. The maximum absolute atomic E-state index is 12.5. The summed E-state index contributed by atoms with van der Waals surface area (Å²) in [5.74, 6) is -0.136. The topological polar surface area (TPSA) is 52.7 Å². The number of hydrogen-bond donors (Lipinski definition) is 1. The molecule has 0 bridgehead atoms. The molecule has 0 atom stereocenters. The highest BCUT2D eigenvalue weighted by Gasteiger charge is 2.25. The minimum atomic E-state index is -2.31. The molecule has 0 aromatic heterocycles. The van der Waals surface area contributed by atoms with Crippen LogP contribution in [0.1, 0.15) is 35.7 Å². The van der Waals surface area contributed by atoms with Crippen molar-refractivity contribution in [3.05, 3.63) is 29.3 Å². The molecule has 1 N–H and O–H groups in total. The molecule has 0 saturated carbocycles. The fraction of sp³-hybridized carbons (Fsp3) is 0.556. The summed E-state index contributed by atoms with van der Waals surface area (Å²) in [6, 6.07) is 5.42. The number of benzene rings is 1. The number of likely N-dealkylation sites (tertiary alicyclic amines) is 1. The van der Waals surface area contributed by atoms with Gasteiger partial charge in [0.2, 0.25) is 5.91 Å². The Morgan fingerprint density at radius 2 is 1.96 bits per heavy atom. The lowest BCUT2D eigenvalue weighted by Crippen LogP contribution is -2.45. The summed E-state index contributed by atoms with van der Waals surface area (Å²) in [7, 11) is 0. The smallest absolute Gasteiger partial charge is 0.251 e. The molecule has 0 radical (unpaired) electrons. The second-order valence-electron chi connectivity index (χ2n) is 6.70. The number of piperidine rings is 1. The van der Waals surface area contributed by atoms with Gasteiger partial charge in [-0.05, 0) is 43.0 Å². The van der Waals surface area contributed by atoms with Gasteiger partial charge in [0.15, 0.2) is 0 Å². The first kappa shape index (κ1) is 17.8. The standard InChI is InChI=1S/C18H23F2N3O2/c1-12(24)23-9-4-13-10-14(2-3-16(13)23)18(25)21-15-5-7-22(8-6-15)11-17(19)20/h2-3,10,15,17H,4-9,11H2,1H3,(H,21,25). The van der Waals surface area contributed by atoms with Crippen molar-refractivity contribution in [2.45, 2.75) is 38.7 Å². The van der Waals surface area contributed by atoms with E-state index in [0.717, 1.165) is 17.7 Å². The summed E-state index contributed by atoms with van der Waals surface area (Å²) >= 11 is 0. The van der Waals surface area contributed by atoms with Crippen LogP contribution in [0.2, 0.25) is 0 Å². The number of anilines is 1. The highest BCUT2D eigenvalue weighted by molar-refractivity contribution is 5.98. The normalized spacial score (nSPS) is 18.5. The summed E-state index contributed by atoms with van der Waals surface area (Å²) in [6.07, 6.45) is -0.197. The van der Waals surface area contributed by atoms with Crippen molar-refractivity contribution in [2.24, 2.45) is 0 Å². The van der Waals surface area contributed by atoms with E-state index in [1.54, 1.807) is 15.9 Å². The van der Waals surface area contributed by atoms with Crippen LogP contribution in [0.15, 0.2) is 18.2 Å². The van der Waals surface area contributed by atoms with Crippen LogP contribution in [0.25, 0.3) is 0 Å². The quantitative estimate of drug-likeness (QED) is 0.903. The van der Waals surface area contributed by atoms with E-state index in [4.69, 9.17) is 0 Å². The summed E-state index contributed by atoms with van der Waals surface area (Å²) in [5, 5.41) is 3.00. The zero-order valence-electron chi connectivity index (χ0n) is 14.3. The average Bonchev–Trinajstić information content (AvgIpc) is 2.99. The second kappa shape index (κ2) is 7.47. The molecule has 5 nitrogen and oxygen atoms in total. The van der Waals surface area contributed by atoms with E-state index < -0.39 is 6.43 Å². The minimum absolute atomic E-state index is 0.00603. The van der Waals surface area contributed by atoms with Gasteiger partial charge in [-0.25, -0.2) is 8.78 Å². The van der Waals surface area contributed by atoms with Crippen LogP contribution < -0.4 is 10.2 Å². The first-order chi connectivity index (χ1) is 11.9. The Morgan fingerprint density at radius 1 is 1.24 bits per heavy atom. The van der Waals surface area contributed by atoms with E-state index in [-0.39, 0.29) is 24.4 Å². The molecule has 1 saturated heterocycles. The summed E-state index contributed by atoms with van der Waals surface area (Å²) in [4.78, 5) is 27.5. The van der Waals surface area contributed by atoms with Crippen molar-refractivity contribution in [3.63, 3.8) is 0 Å². The van der Waals surface area contributed by atoms with Gasteiger partial charge in [-0.3, -0.25) is 14.5 Å². The molecule has 7 heteroatoms. The molecule has 2 aliphatic rings. The van der Waals surface area contributed by atoms with Crippen molar-refractivity contribution >= 4 is 17.5 Å². The fourth-order valence-electron chi connectivity index (χ4n) is 3.59. The van der Waals surface area contributed by atoms with Crippen LogP contribution in [-0.2, 0) is 11.2 Å². The number of nitrogens with zero attached hydrogens (tertiary/aromatic N) is 2. The number of amides is 2. The largest absolute Gasteiger partial charge is 0.349 e. The number of fused-ring (bicyclic) bond motifs is 1. The Balaban J connectivity index is 1.57. The predicted octanol–water partition coefficient (Wildman–Crippen LogP) is 2.05. The third-order valence-electron chi connectivity index (χ3n) is 4.94. The molecule has 2 aliphatic heterocycles. The Labute approximate surface area is 146 Å². The molecule has 2 amide bonds. The molecule has 25 heavy (non-hydrogen) atoms. The lowest BCUT2D eigenvalue weighted by atomic mass is 10.0. The molecule has 3 rings (SSSR count). The molecule has 136 valence electrons. The highest BCUT2D eigenvalue weighted by Crippen LogP contribution is 2.29. The van der Waals surface area contributed by atoms with Crippen LogP contribution in [-0.4, -0.2) is 55.4 Å². The van der Waals surface area contributed by atoms with Crippen molar-refractivity contribution in [1.82, 2.24) is 10.2 Å². The van der Waals surface area contributed by atoms with Gasteiger partial charge in [0.05, 0.1) is 6.54 Å². The first-order valence-corrected chi connectivity index (χ1v) is 8.66. The molecule has 1 fully saturated rings. The zero-order valence-corrected chi connectivity index (χ0v) is 14.3. The molecule has 0 spiro atoms. The average molecular weight is 351 g/mol. The number of nitrogens with one attached hydrogen (secondary N) is 1. The minimum Gasteiger partial charge on any atom is -0.349 e. The van der Waals surface area contributed by atoms with Crippen LogP contribution in [0.3, 0.4) is 0 Å². The lowest BCUT2D eigenvalue weighted by molar-refractivity contribution is -0.116. The SMILES string of the molecule is CC(=O)N1CCc2cc(C(=O)NC3CCN(CC(F)F)CC3)ccc21. The third-order valence-corrected chi connectivity index (χ3v) is 4.94. The number of alkyl halides is 2. The molecular formula is C18H23F2N3O2. The zero-order chi connectivity index (χ0) is 18.0. The van der Waals surface area contributed by atoms with E-state index in [9.17, 15) is 18.4 Å². The summed E-state index contributed by atoms with van der Waals surface area (Å²) in [6.45, 7) is 3.15. The molecule has 2 heterocycles. The molecule has 0 aliphatic carbocycles. The third kappa shape index (κ3) is 4.15. The van der Waals surface area contributed by atoms with Crippen LogP contribution in [0.5, 0.6) is 0 Å². The van der Waals surface area contributed by atoms with Gasteiger partial charge < -0.3 is 10.2 Å². The molecular weight excluding hydrogens is 328 g/mol. The number of hydrogen-bond acceptors (Lipinski definition) is 3. The van der Waals surface area contributed by atoms with Crippen molar-refractivity contribution in [2.75, 3.05) is 31.1 Å². The predicted molar refractivity (Wildman–Crippen MR) is 91.1 cm³/mol. The van der Waals surface area contributed by atoms with Gasteiger partial charge in [0, 0.05) is 43.9 Å². The number of carbonyl (C=O) groups is 2. The second-order valence-corrected chi connectivity index (χ2v) is 6.70. The van der Waals surface area contributed by atoms with Gasteiger partial charge in [-0.1, -0.05) is 0 Å². The van der Waals surface area contributed by atoms with Crippen LogP contribution >= 0.6 is 0 Å². The van der Waals surface area contributed by atoms with E-state index in [1.807, 2.05) is 12.1 Å². The first-order valence-electron chi connectivity index (χ1n) is 8.66. The Bertz CT molecular complexity index is 658. The van der Waals surface area contributed by atoms with Crippen LogP contribution in [0, 0.1) is 0 Å². The van der Waals surface area contributed by atoms with Gasteiger partial charge in [0.25, 0.3) is 12.3 Å². The molecule has 1 aromatic carbocycles. The summed E-state index contributed by atoms with van der Waals surface area (Å²) < 4.78 is 24.8. The van der Waals surface area contributed by atoms with E-state index in [0.29, 0.717) is 38.0 Å². The Morgan fingerprint density at radius 3 is 2.60 bits per heavy atom. The van der Waals surface area contributed by atoms with E-state index >= 15 is 0 Å². The van der Waals surface area contributed by atoms with Crippen LogP contribution in [0.4, 0.5) is 14.5 Å². The number of carbonyl (C=O) groups excluding carboxylic acids is 2. The Hall–Kier alpha value is -2.02. The molecule has 1 aromatic rings. The van der Waals surface area contributed by atoms with E-state index in [1.165, 1.54) is 6.92 Å². The van der Waals surface area contributed by atoms with Crippen molar-refractivity contribution < 1.29 is 18.4 Å². The van der Waals surface area contributed by atoms with Crippen molar-refractivity contribution in [3.8, 4) is 0 Å². The summed E-state index contributed by atoms with van der Waals surface area (Å²) in [5.41, 5.74) is 2.47.